The van der Waals surface area contributed by atoms with Crippen LogP contribution in [0, 0.1) is 5.92 Å². The Morgan fingerprint density at radius 1 is 1.16 bits per heavy atom. The normalized spacial score (nSPS) is 22.2. The SMILES string of the molecule is O=C(NCc1ccncc1)C1CNCCN1C(=O)C1CCCCCC1. The van der Waals surface area contributed by atoms with Crippen LogP contribution in [-0.2, 0) is 16.1 Å². The largest absolute Gasteiger partial charge is 0.350 e. The van der Waals surface area contributed by atoms with Crippen molar-refractivity contribution < 1.29 is 9.59 Å². The standard InChI is InChI=1S/C19H28N4O2/c24-18(22-13-15-7-9-20-10-8-15)17-14-21-11-12-23(17)19(25)16-5-3-1-2-4-6-16/h7-10,16-17,21H,1-6,11-14H2,(H,22,24). The predicted molar refractivity (Wildman–Crippen MR) is 95.6 cm³/mol. The average molecular weight is 344 g/mol. The number of carbonyl (C=O) groups is 2. The van der Waals surface area contributed by atoms with E-state index in [2.05, 4.69) is 15.6 Å². The number of hydrogen-bond acceptors (Lipinski definition) is 4. The topological polar surface area (TPSA) is 74.3 Å². The van der Waals surface area contributed by atoms with Gasteiger partial charge in [-0.25, -0.2) is 0 Å². The molecule has 1 saturated carbocycles. The zero-order valence-electron chi connectivity index (χ0n) is 14.7. The van der Waals surface area contributed by atoms with Crippen molar-refractivity contribution in [1.82, 2.24) is 20.5 Å². The van der Waals surface area contributed by atoms with Gasteiger partial charge >= 0.3 is 0 Å². The summed E-state index contributed by atoms with van der Waals surface area (Å²) in [4.78, 5) is 31.5. The molecule has 1 saturated heterocycles. The molecule has 3 rings (SSSR count). The van der Waals surface area contributed by atoms with Crippen LogP contribution in [0.5, 0.6) is 0 Å². The van der Waals surface area contributed by atoms with E-state index in [1.807, 2.05) is 17.0 Å². The molecule has 1 unspecified atom stereocenters. The van der Waals surface area contributed by atoms with Gasteiger partial charge in [-0.1, -0.05) is 25.7 Å². The summed E-state index contributed by atoms with van der Waals surface area (Å²) in [5.41, 5.74) is 1.01. The van der Waals surface area contributed by atoms with Crippen molar-refractivity contribution >= 4 is 11.8 Å². The van der Waals surface area contributed by atoms with Crippen LogP contribution in [0.15, 0.2) is 24.5 Å². The number of piperazine rings is 1. The van der Waals surface area contributed by atoms with E-state index in [0.29, 0.717) is 19.6 Å². The van der Waals surface area contributed by atoms with Gasteiger partial charge in [-0.2, -0.15) is 0 Å². The van der Waals surface area contributed by atoms with Crippen LogP contribution in [0.25, 0.3) is 0 Å². The average Bonchev–Trinajstić information content (AvgIpc) is 2.96. The van der Waals surface area contributed by atoms with Crippen molar-refractivity contribution in [2.24, 2.45) is 5.92 Å². The van der Waals surface area contributed by atoms with Gasteiger partial charge in [-0.3, -0.25) is 14.6 Å². The molecule has 2 N–H and O–H groups in total. The third kappa shape index (κ3) is 4.78. The second-order valence-corrected chi connectivity index (χ2v) is 7.01. The molecule has 2 aliphatic rings. The smallest absolute Gasteiger partial charge is 0.244 e. The van der Waals surface area contributed by atoms with Crippen molar-refractivity contribution in [3.63, 3.8) is 0 Å². The van der Waals surface area contributed by atoms with E-state index in [9.17, 15) is 9.59 Å². The van der Waals surface area contributed by atoms with Crippen LogP contribution >= 0.6 is 0 Å². The van der Waals surface area contributed by atoms with Crippen LogP contribution in [0.4, 0.5) is 0 Å². The van der Waals surface area contributed by atoms with Crippen LogP contribution in [0.3, 0.4) is 0 Å². The van der Waals surface area contributed by atoms with Gasteiger partial charge in [0.05, 0.1) is 0 Å². The van der Waals surface area contributed by atoms with E-state index in [1.54, 1.807) is 12.4 Å². The Balaban J connectivity index is 1.61. The zero-order valence-corrected chi connectivity index (χ0v) is 14.7. The molecule has 2 amide bonds. The molecule has 1 aliphatic heterocycles. The Kier molecular flexibility index (Phi) is 6.39. The number of rotatable bonds is 4. The molecule has 1 aromatic heterocycles. The van der Waals surface area contributed by atoms with Crippen LogP contribution in [0.2, 0.25) is 0 Å². The molecule has 0 aromatic carbocycles. The minimum atomic E-state index is -0.411. The summed E-state index contributed by atoms with van der Waals surface area (Å²) in [6.45, 7) is 2.36. The van der Waals surface area contributed by atoms with Gasteiger partial charge in [-0.05, 0) is 30.5 Å². The maximum Gasteiger partial charge on any atom is 0.244 e. The minimum absolute atomic E-state index is 0.0778. The van der Waals surface area contributed by atoms with Crippen LogP contribution < -0.4 is 10.6 Å². The van der Waals surface area contributed by atoms with Crippen molar-refractivity contribution in [3.8, 4) is 0 Å². The second-order valence-electron chi connectivity index (χ2n) is 7.01. The highest BCUT2D eigenvalue weighted by molar-refractivity contribution is 5.89. The molecule has 0 radical (unpaired) electrons. The molecule has 136 valence electrons. The molecular weight excluding hydrogens is 316 g/mol. The van der Waals surface area contributed by atoms with E-state index in [4.69, 9.17) is 0 Å². The highest BCUT2D eigenvalue weighted by Crippen LogP contribution is 2.25. The van der Waals surface area contributed by atoms with Crippen molar-refractivity contribution in [3.05, 3.63) is 30.1 Å². The van der Waals surface area contributed by atoms with E-state index < -0.39 is 6.04 Å². The summed E-state index contributed by atoms with van der Waals surface area (Å²) in [5.74, 6) is 0.189. The van der Waals surface area contributed by atoms with Crippen molar-refractivity contribution in [1.29, 1.82) is 0 Å². The third-order valence-corrected chi connectivity index (χ3v) is 5.25. The monoisotopic (exact) mass is 344 g/mol. The fraction of sp³-hybridized carbons (Fsp3) is 0.632. The first-order valence-corrected chi connectivity index (χ1v) is 9.43. The fourth-order valence-corrected chi connectivity index (χ4v) is 3.77. The second kappa shape index (κ2) is 8.94. The summed E-state index contributed by atoms with van der Waals surface area (Å²) >= 11 is 0. The predicted octanol–water partition coefficient (Wildman–Crippen LogP) is 1.47. The minimum Gasteiger partial charge on any atom is -0.350 e. The molecular formula is C19H28N4O2. The summed E-state index contributed by atoms with van der Waals surface area (Å²) in [7, 11) is 0. The number of pyridine rings is 1. The lowest BCUT2D eigenvalue weighted by molar-refractivity contribution is -0.145. The van der Waals surface area contributed by atoms with E-state index in [-0.39, 0.29) is 17.7 Å². The molecule has 1 aliphatic carbocycles. The molecule has 6 nitrogen and oxygen atoms in total. The third-order valence-electron chi connectivity index (χ3n) is 5.25. The Labute approximate surface area is 149 Å². The van der Waals surface area contributed by atoms with Crippen LogP contribution in [-0.4, -0.2) is 47.4 Å². The van der Waals surface area contributed by atoms with Crippen molar-refractivity contribution in [2.75, 3.05) is 19.6 Å². The maximum atomic E-state index is 13.0. The maximum absolute atomic E-state index is 13.0. The van der Waals surface area contributed by atoms with Gasteiger partial charge in [0.15, 0.2) is 0 Å². The molecule has 2 heterocycles. The Bertz CT molecular complexity index is 570. The number of nitrogens with one attached hydrogen (secondary N) is 2. The molecule has 6 heteroatoms. The summed E-state index contributed by atoms with van der Waals surface area (Å²) in [6, 6.07) is 3.35. The molecule has 25 heavy (non-hydrogen) atoms. The molecule has 0 bridgehead atoms. The molecule has 1 atom stereocenters. The van der Waals surface area contributed by atoms with E-state index in [0.717, 1.165) is 37.8 Å². The highest BCUT2D eigenvalue weighted by atomic mass is 16.2. The number of nitrogens with zero attached hydrogens (tertiary/aromatic N) is 2. The molecule has 1 aromatic rings. The van der Waals surface area contributed by atoms with Gasteiger partial charge in [0.2, 0.25) is 11.8 Å². The van der Waals surface area contributed by atoms with Gasteiger partial charge in [0.25, 0.3) is 0 Å². The number of carbonyl (C=O) groups excluding carboxylic acids is 2. The quantitative estimate of drug-likeness (QED) is 0.811. The summed E-state index contributed by atoms with van der Waals surface area (Å²) in [5, 5.41) is 6.22. The molecule has 2 fully saturated rings. The number of amides is 2. The first-order valence-electron chi connectivity index (χ1n) is 9.43. The van der Waals surface area contributed by atoms with Crippen LogP contribution in [0.1, 0.15) is 44.1 Å². The lowest BCUT2D eigenvalue weighted by atomic mass is 9.97. The Morgan fingerprint density at radius 2 is 1.88 bits per heavy atom. The Morgan fingerprint density at radius 3 is 2.60 bits per heavy atom. The molecule has 0 spiro atoms. The zero-order chi connectivity index (χ0) is 17.5. The van der Waals surface area contributed by atoms with E-state index >= 15 is 0 Å². The first kappa shape index (κ1) is 17.9. The summed E-state index contributed by atoms with van der Waals surface area (Å²) < 4.78 is 0. The highest BCUT2D eigenvalue weighted by Gasteiger charge is 2.35. The number of aromatic nitrogens is 1. The van der Waals surface area contributed by atoms with Gasteiger partial charge < -0.3 is 15.5 Å². The van der Waals surface area contributed by atoms with Gasteiger partial charge in [0, 0.05) is 44.5 Å². The Hall–Kier alpha value is -1.95. The van der Waals surface area contributed by atoms with Crippen molar-refractivity contribution in [2.45, 2.75) is 51.1 Å². The fourth-order valence-electron chi connectivity index (χ4n) is 3.77. The lowest BCUT2D eigenvalue weighted by Crippen LogP contribution is -2.60. The van der Waals surface area contributed by atoms with Gasteiger partial charge in [0.1, 0.15) is 6.04 Å². The lowest BCUT2D eigenvalue weighted by Gasteiger charge is -2.37. The number of hydrogen-bond donors (Lipinski definition) is 2. The van der Waals surface area contributed by atoms with E-state index in [1.165, 1.54) is 12.8 Å². The van der Waals surface area contributed by atoms with Gasteiger partial charge in [-0.15, -0.1) is 0 Å². The first-order chi connectivity index (χ1) is 12.3. The summed E-state index contributed by atoms with van der Waals surface area (Å²) in [6.07, 6.45) is 10.1.